The molecule has 3 saturated carbocycles. The molecule has 41 heavy (non-hydrogen) atoms. The lowest BCUT2D eigenvalue weighted by molar-refractivity contribution is -0.170. The minimum absolute atomic E-state index is 0.0168. The van der Waals surface area contributed by atoms with E-state index in [2.05, 4.69) is 12.2 Å². The van der Waals surface area contributed by atoms with Gasteiger partial charge in [-0.15, -0.1) is 0 Å². The summed E-state index contributed by atoms with van der Waals surface area (Å²) in [6, 6.07) is -1.32. The van der Waals surface area contributed by atoms with Gasteiger partial charge in [0.15, 0.2) is 12.4 Å². The molecule has 0 heterocycles. The molecule has 11 heteroatoms. The van der Waals surface area contributed by atoms with Crippen LogP contribution in [0, 0.1) is 28.6 Å². The first-order valence-corrected chi connectivity index (χ1v) is 14.7. The normalized spacial score (nSPS) is 34.8. The number of carboxylic acids is 1. The third kappa shape index (κ3) is 5.82. The van der Waals surface area contributed by atoms with Gasteiger partial charge >= 0.3 is 11.9 Å². The molecule has 2 amide bonds. The highest BCUT2D eigenvalue weighted by molar-refractivity contribution is 5.92. The van der Waals surface area contributed by atoms with Gasteiger partial charge < -0.3 is 26.0 Å². The monoisotopic (exact) mass is 574 g/mol. The van der Waals surface area contributed by atoms with Gasteiger partial charge in [-0.05, 0) is 80.6 Å². The topological polar surface area (TPSA) is 190 Å². The Morgan fingerprint density at radius 1 is 1.02 bits per heavy atom. The van der Waals surface area contributed by atoms with E-state index < -0.39 is 53.2 Å². The first-order valence-electron chi connectivity index (χ1n) is 14.7. The average Bonchev–Trinajstić information content (AvgIpc) is 3.20. The summed E-state index contributed by atoms with van der Waals surface area (Å²) in [5, 5.41) is 23.2. The Bertz CT molecular complexity index is 1160. The van der Waals surface area contributed by atoms with E-state index >= 15 is 0 Å². The number of ketones is 2. The Kier molecular flexibility index (Phi) is 8.78. The molecule has 5 N–H and O–H groups in total. The largest absolute Gasteiger partial charge is 0.480 e. The summed E-state index contributed by atoms with van der Waals surface area (Å²) < 4.78 is 5.15. The highest BCUT2D eigenvalue weighted by Gasteiger charge is 2.66. The minimum atomic E-state index is -1.62. The molecule has 226 valence electrons. The van der Waals surface area contributed by atoms with Crippen LogP contribution in [0.15, 0.2) is 11.6 Å². The number of nitrogens with one attached hydrogen (secondary N) is 1. The van der Waals surface area contributed by atoms with Crippen molar-refractivity contribution in [3.8, 4) is 0 Å². The third-order valence-electron chi connectivity index (χ3n) is 10.8. The molecule has 4 aliphatic carbocycles. The quantitative estimate of drug-likeness (QED) is 0.267. The number of Topliss-reactive ketones (excluding diaryl/α,β-unsaturated/α-hetero) is 1. The molecule has 7 atom stereocenters. The summed E-state index contributed by atoms with van der Waals surface area (Å²) in [7, 11) is 0. The smallest absolute Gasteiger partial charge is 0.326 e. The maximum atomic E-state index is 13.3. The minimum Gasteiger partial charge on any atom is -0.480 e. The molecule has 0 spiro atoms. The number of aliphatic carboxylic acids is 1. The van der Waals surface area contributed by atoms with Gasteiger partial charge in [-0.25, -0.2) is 4.79 Å². The van der Waals surface area contributed by atoms with Crippen molar-refractivity contribution in [2.75, 3.05) is 6.61 Å². The lowest BCUT2D eigenvalue weighted by atomic mass is 9.46. The fourth-order valence-electron chi connectivity index (χ4n) is 8.40. The van der Waals surface area contributed by atoms with E-state index in [9.17, 15) is 39.0 Å². The second kappa shape index (κ2) is 11.7. The number of amides is 2. The van der Waals surface area contributed by atoms with Crippen molar-refractivity contribution < 1.29 is 43.7 Å². The van der Waals surface area contributed by atoms with E-state index in [4.69, 9.17) is 10.5 Å². The van der Waals surface area contributed by atoms with E-state index in [1.807, 2.05) is 13.0 Å². The zero-order valence-electron chi connectivity index (χ0n) is 23.9. The number of hydrogen-bond donors (Lipinski definition) is 4. The van der Waals surface area contributed by atoms with Crippen molar-refractivity contribution >= 4 is 35.3 Å². The van der Waals surface area contributed by atoms with Crippen LogP contribution in [0.2, 0.25) is 0 Å². The predicted octanol–water partition coefficient (Wildman–Crippen LogP) is 1.98. The molecule has 0 bridgehead atoms. The van der Waals surface area contributed by atoms with Gasteiger partial charge in [0.25, 0.3) is 0 Å². The number of primary amides is 1. The van der Waals surface area contributed by atoms with Crippen molar-refractivity contribution in [2.45, 2.75) is 103 Å². The van der Waals surface area contributed by atoms with Crippen LogP contribution in [0.1, 0.15) is 90.9 Å². The molecule has 0 aromatic heterocycles. The van der Waals surface area contributed by atoms with Gasteiger partial charge in [-0.2, -0.15) is 0 Å². The molecule has 11 nitrogen and oxygen atoms in total. The number of rotatable bonds is 11. The third-order valence-corrected chi connectivity index (χ3v) is 10.8. The van der Waals surface area contributed by atoms with Crippen LogP contribution in [0.25, 0.3) is 0 Å². The number of aliphatic hydroxyl groups is 1. The molecule has 0 radical (unpaired) electrons. The molecule has 4 aliphatic rings. The van der Waals surface area contributed by atoms with Crippen LogP contribution in [-0.4, -0.2) is 63.8 Å². The van der Waals surface area contributed by atoms with E-state index in [0.29, 0.717) is 37.5 Å². The van der Waals surface area contributed by atoms with Crippen LogP contribution < -0.4 is 11.1 Å². The molecule has 0 aromatic carbocycles. The zero-order valence-corrected chi connectivity index (χ0v) is 23.9. The Hall–Kier alpha value is -3.08. The van der Waals surface area contributed by atoms with E-state index in [-0.39, 0.29) is 42.8 Å². The van der Waals surface area contributed by atoms with Crippen molar-refractivity contribution in [1.82, 2.24) is 5.32 Å². The number of fused-ring (bicyclic) bond motifs is 5. The maximum absolute atomic E-state index is 13.3. The molecule has 0 aliphatic heterocycles. The molecular weight excluding hydrogens is 532 g/mol. The fraction of sp³-hybridized carbons (Fsp3) is 0.733. The van der Waals surface area contributed by atoms with Gasteiger partial charge in [-0.3, -0.25) is 24.0 Å². The van der Waals surface area contributed by atoms with E-state index in [1.165, 1.54) is 5.57 Å². The van der Waals surface area contributed by atoms with Crippen molar-refractivity contribution in [1.29, 1.82) is 0 Å². The second-order valence-electron chi connectivity index (χ2n) is 12.9. The standard InChI is InChI=1S/C30H42N2O9/c1-28-12-9-18(33)15-17(28)3-4-19-20(28)10-13-29(2)21(19)11-14-30(29,40)23(34)16-41-26(37)8-7-25(36)32-22(27(38)39)5-6-24(31)35/h15,19-22,40H,3-14,16H2,1-2H3,(H2,31,35)(H,32,36)(H,38,39)/t19-,20+,21+,22+,28-,29-,30-/m0/s1. The Balaban J connectivity index is 1.31. The van der Waals surface area contributed by atoms with E-state index in [1.54, 1.807) is 0 Å². The first kappa shape index (κ1) is 30.9. The van der Waals surface area contributed by atoms with E-state index in [0.717, 1.165) is 25.7 Å². The summed E-state index contributed by atoms with van der Waals surface area (Å²) in [6.07, 6.45) is 6.50. The summed E-state index contributed by atoms with van der Waals surface area (Å²) >= 11 is 0. The van der Waals surface area contributed by atoms with Gasteiger partial charge in [0, 0.05) is 24.7 Å². The highest BCUT2D eigenvalue weighted by atomic mass is 16.5. The molecule has 4 rings (SSSR count). The number of nitrogens with two attached hydrogens (primary N) is 1. The zero-order chi connectivity index (χ0) is 30.2. The molecular formula is C30H42N2O9. The fourth-order valence-corrected chi connectivity index (χ4v) is 8.40. The van der Waals surface area contributed by atoms with Crippen LogP contribution in [0.4, 0.5) is 0 Å². The Labute approximate surface area is 239 Å². The maximum Gasteiger partial charge on any atom is 0.326 e. The number of carbonyl (C=O) groups is 6. The molecule has 0 unspecified atom stereocenters. The Morgan fingerprint density at radius 2 is 1.73 bits per heavy atom. The van der Waals surface area contributed by atoms with Crippen LogP contribution in [0.5, 0.6) is 0 Å². The first-order chi connectivity index (χ1) is 19.2. The van der Waals surface area contributed by atoms with Crippen LogP contribution in [-0.2, 0) is 33.5 Å². The predicted molar refractivity (Wildman–Crippen MR) is 145 cm³/mol. The second-order valence-corrected chi connectivity index (χ2v) is 12.9. The summed E-state index contributed by atoms with van der Waals surface area (Å²) in [5.41, 5.74) is 4.01. The Morgan fingerprint density at radius 3 is 2.41 bits per heavy atom. The number of esters is 1. The molecule has 0 saturated heterocycles. The van der Waals surface area contributed by atoms with Gasteiger partial charge in [0.1, 0.15) is 11.6 Å². The van der Waals surface area contributed by atoms with Gasteiger partial charge in [-0.1, -0.05) is 19.4 Å². The summed E-state index contributed by atoms with van der Waals surface area (Å²) in [6.45, 7) is 3.66. The highest BCUT2D eigenvalue weighted by Crippen LogP contribution is 2.67. The summed E-state index contributed by atoms with van der Waals surface area (Å²) in [4.78, 5) is 72.0. The van der Waals surface area contributed by atoms with Crippen molar-refractivity contribution in [3.05, 3.63) is 11.6 Å². The SMILES string of the molecule is C[C@]12CCC(=O)C=C1CC[C@H]1[C@H]2CC[C@@]2(C)[C@@H]1CC[C@]2(O)C(=O)COC(=O)CCC(=O)N[C@H](CCC(N)=O)C(=O)O. The number of allylic oxidation sites excluding steroid dienone is 1. The van der Waals surface area contributed by atoms with Crippen molar-refractivity contribution in [2.24, 2.45) is 34.3 Å². The average molecular weight is 575 g/mol. The van der Waals surface area contributed by atoms with Gasteiger partial charge in [0.2, 0.25) is 17.6 Å². The number of carbonyl (C=O) groups excluding carboxylic acids is 5. The molecule has 0 aromatic rings. The van der Waals surface area contributed by atoms with Gasteiger partial charge in [0.05, 0.1) is 6.42 Å². The summed E-state index contributed by atoms with van der Waals surface area (Å²) in [5.74, 6) is -2.97. The van der Waals surface area contributed by atoms with Crippen molar-refractivity contribution in [3.63, 3.8) is 0 Å². The molecule has 3 fully saturated rings. The number of hydrogen-bond acceptors (Lipinski definition) is 8. The number of ether oxygens (including phenoxy) is 1. The number of carboxylic acid groups (broad SMARTS) is 1. The lowest BCUT2D eigenvalue weighted by Gasteiger charge is -2.58. The van der Waals surface area contributed by atoms with Crippen LogP contribution in [0.3, 0.4) is 0 Å². The van der Waals surface area contributed by atoms with Crippen LogP contribution >= 0.6 is 0 Å². The lowest BCUT2D eigenvalue weighted by Crippen LogP contribution is -2.58.